The van der Waals surface area contributed by atoms with E-state index in [2.05, 4.69) is 10.1 Å². The van der Waals surface area contributed by atoms with Crippen LogP contribution in [-0.4, -0.2) is 20.0 Å². The number of Topliss-reactive ketones (excluding diaryl/α,β-unsaturated/α-hetero) is 1. The van der Waals surface area contributed by atoms with Crippen molar-refractivity contribution < 1.29 is 14.2 Å². The van der Waals surface area contributed by atoms with E-state index in [0.29, 0.717) is 28.1 Å². The van der Waals surface area contributed by atoms with E-state index in [0.717, 1.165) is 10.9 Å². The molecule has 0 amide bonds. The Morgan fingerprint density at radius 2 is 1.71 bits per heavy atom. The van der Waals surface area contributed by atoms with Crippen LogP contribution in [-0.2, 0) is 6.54 Å². The number of aromatic nitrogens is 4. The molecular formula is C24H18FN4O2+. The first kappa shape index (κ1) is 18.9. The number of aryl methyl sites for hydroxylation is 1. The topological polar surface area (TPSA) is 70.5 Å². The number of ketones is 1. The maximum Gasteiger partial charge on any atom is 0.423 e. The molecule has 0 aliphatic heterocycles. The van der Waals surface area contributed by atoms with Crippen molar-refractivity contribution in [3.05, 3.63) is 100 Å². The Hall–Kier alpha value is -4.13. The SMILES string of the molecule is Cc1ccc(C(=O)Cn2c(=O)n3nc(-c4ccc(F)cc4)[nH+]c3c3ccccc32)cc1. The summed E-state index contributed by atoms with van der Waals surface area (Å²) in [5.41, 5.74) is 2.96. The first-order valence-corrected chi connectivity index (χ1v) is 9.81. The number of rotatable bonds is 4. The average Bonchev–Trinajstić information content (AvgIpc) is 3.23. The highest BCUT2D eigenvalue weighted by molar-refractivity contribution is 5.97. The zero-order valence-corrected chi connectivity index (χ0v) is 16.7. The fraction of sp³-hybridized carbons (Fsp3) is 0.0833. The molecule has 0 aliphatic rings. The summed E-state index contributed by atoms with van der Waals surface area (Å²) in [5.74, 6) is -0.0821. The molecule has 0 unspecified atom stereocenters. The lowest BCUT2D eigenvalue weighted by atomic mass is 10.1. The molecule has 0 bridgehead atoms. The van der Waals surface area contributed by atoms with Crippen LogP contribution in [0.5, 0.6) is 0 Å². The van der Waals surface area contributed by atoms with Crippen molar-refractivity contribution in [3.63, 3.8) is 0 Å². The summed E-state index contributed by atoms with van der Waals surface area (Å²) in [6.45, 7) is 1.84. The van der Waals surface area contributed by atoms with Crippen LogP contribution in [0.15, 0.2) is 77.6 Å². The Morgan fingerprint density at radius 1 is 1.00 bits per heavy atom. The van der Waals surface area contributed by atoms with E-state index in [1.54, 1.807) is 30.3 Å². The van der Waals surface area contributed by atoms with Gasteiger partial charge in [0.25, 0.3) is 5.65 Å². The van der Waals surface area contributed by atoms with Gasteiger partial charge in [-0.05, 0) is 47.8 Å². The Balaban J connectivity index is 1.68. The third kappa shape index (κ3) is 3.30. The Labute approximate surface area is 176 Å². The van der Waals surface area contributed by atoms with E-state index in [-0.39, 0.29) is 18.1 Å². The lowest BCUT2D eigenvalue weighted by Gasteiger charge is -2.08. The van der Waals surface area contributed by atoms with Gasteiger partial charge in [0.15, 0.2) is 5.78 Å². The number of hydrogen-bond donors (Lipinski definition) is 0. The summed E-state index contributed by atoms with van der Waals surface area (Å²) in [6.07, 6.45) is 0. The lowest BCUT2D eigenvalue weighted by molar-refractivity contribution is -0.331. The number of carbonyl (C=O) groups is 1. The standard InChI is InChI=1S/C24H17FN4O2/c1-15-6-8-16(9-7-15)21(30)14-28-20-5-3-2-4-19(20)23-26-22(27-29(23)24(28)31)17-10-12-18(25)13-11-17/h2-13H,14H2,1H3/p+1. The number of para-hydroxylation sites is 1. The van der Waals surface area contributed by atoms with Crippen LogP contribution >= 0.6 is 0 Å². The summed E-state index contributed by atoms with van der Waals surface area (Å²) >= 11 is 0. The lowest BCUT2D eigenvalue weighted by Crippen LogP contribution is -2.31. The second-order valence-electron chi connectivity index (χ2n) is 7.42. The van der Waals surface area contributed by atoms with Gasteiger partial charge in [-0.15, -0.1) is 0 Å². The first-order valence-electron chi connectivity index (χ1n) is 9.81. The molecule has 1 N–H and O–H groups in total. The van der Waals surface area contributed by atoms with E-state index < -0.39 is 5.69 Å². The maximum absolute atomic E-state index is 13.3. The molecule has 7 heteroatoms. The maximum atomic E-state index is 13.3. The second-order valence-corrected chi connectivity index (χ2v) is 7.42. The van der Waals surface area contributed by atoms with Crippen LogP contribution in [0.25, 0.3) is 27.9 Å². The molecule has 2 heterocycles. The van der Waals surface area contributed by atoms with Crippen molar-refractivity contribution in [2.45, 2.75) is 13.5 Å². The van der Waals surface area contributed by atoms with Gasteiger partial charge in [-0.3, -0.25) is 9.36 Å². The number of nitrogens with zero attached hydrogens (tertiary/aromatic N) is 3. The highest BCUT2D eigenvalue weighted by Crippen LogP contribution is 2.19. The van der Waals surface area contributed by atoms with Gasteiger partial charge in [0.1, 0.15) is 5.82 Å². The van der Waals surface area contributed by atoms with Crippen LogP contribution in [0.4, 0.5) is 4.39 Å². The minimum absolute atomic E-state index is 0.107. The van der Waals surface area contributed by atoms with Crippen molar-refractivity contribution in [1.82, 2.24) is 14.2 Å². The third-order valence-electron chi connectivity index (χ3n) is 5.30. The summed E-state index contributed by atoms with van der Waals surface area (Å²) < 4.78 is 16.0. The Kier molecular flexibility index (Phi) is 4.43. The fourth-order valence-electron chi connectivity index (χ4n) is 3.65. The van der Waals surface area contributed by atoms with E-state index in [1.165, 1.54) is 21.2 Å². The number of hydrogen-bond acceptors (Lipinski definition) is 3. The fourth-order valence-corrected chi connectivity index (χ4v) is 3.65. The monoisotopic (exact) mass is 413 g/mol. The zero-order valence-electron chi connectivity index (χ0n) is 16.7. The minimum atomic E-state index is -0.432. The van der Waals surface area contributed by atoms with Crippen molar-refractivity contribution in [3.8, 4) is 11.4 Å². The Bertz CT molecular complexity index is 1500. The molecule has 0 saturated carbocycles. The van der Waals surface area contributed by atoms with Gasteiger partial charge in [-0.1, -0.05) is 42.0 Å². The summed E-state index contributed by atoms with van der Waals surface area (Å²) in [4.78, 5) is 29.3. The van der Waals surface area contributed by atoms with Crippen LogP contribution in [0.2, 0.25) is 0 Å². The molecule has 152 valence electrons. The van der Waals surface area contributed by atoms with E-state index in [1.807, 2.05) is 37.3 Å². The largest absolute Gasteiger partial charge is 0.423 e. The van der Waals surface area contributed by atoms with Crippen molar-refractivity contribution in [1.29, 1.82) is 0 Å². The summed E-state index contributed by atoms with van der Waals surface area (Å²) in [5, 5.41) is 5.16. The number of aromatic amines is 1. The molecule has 31 heavy (non-hydrogen) atoms. The van der Waals surface area contributed by atoms with Crippen molar-refractivity contribution in [2.75, 3.05) is 0 Å². The number of carbonyl (C=O) groups excluding carboxylic acids is 1. The van der Waals surface area contributed by atoms with Crippen molar-refractivity contribution >= 4 is 22.3 Å². The van der Waals surface area contributed by atoms with Crippen molar-refractivity contribution in [2.24, 2.45) is 0 Å². The molecule has 3 aromatic carbocycles. The predicted octanol–water partition coefficient (Wildman–Crippen LogP) is 3.46. The number of fused-ring (bicyclic) bond motifs is 3. The molecule has 0 aliphatic carbocycles. The quantitative estimate of drug-likeness (QED) is 0.424. The number of H-pyrrole nitrogens is 1. The third-order valence-corrected chi connectivity index (χ3v) is 5.30. The van der Waals surface area contributed by atoms with Gasteiger partial charge in [-0.25, -0.2) is 14.2 Å². The van der Waals surface area contributed by atoms with E-state index in [9.17, 15) is 14.0 Å². The Morgan fingerprint density at radius 3 is 2.45 bits per heavy atom. The molecule has 2 aromatic heterocycles. The minimum Gasteiger partial charge on any atom is -0.292 e. The van der Waals surface area contributed by atoms with Gasteiger partial charge in [0, 0.05) is 5.56 Å². The van der Waals surface area contributed by atoms with E-state index in [4.69, 9.17) is 0 Å². The van der Waals surface area contributed by atoms with Gasteiger partial charge >= 0.3 is 11.5 Å². The highest BCUT2D eigenvalue weighted by atomic mass is 19.1. The van der Waals surface area contributed by atoms with Gasteiger partial charge in [0.2, 0.25) is 0 Å². The predicted molar refractivity (Wildman–Crippen MR) is 114 cm³/mol. The molecule has 0 fully saturated rings. The molecular weight excluding hydrogens is 395 g/mol. The summed E-state index contributed by atoms with van der Waals surface area (Å²) in [6, 6.07) is 20.5. The molecule has 6 nitrogen and oxygen atoms in total. The number of nitrogens with one attached hydrogen (secondary N) is 1. The highest BCUT2D eigenvalue weighted by Gasteiger charge is 2.23. The average molecular weight is 413 g/mol. The molecule has 0 saturated heterocycles. The zero-order chi connectivity index (χ0) is 21.5. The molecule has 5 aromatic rings. The first-order chi connectivity index (χ1) is 15.0. The number of halogens is 1. The van der Waals surface area contributed by atoms with Crippen LogP contribution in [0, 0.1) is 12.7 Å². The molecule has 0 radical (unpaired) electrons. The van der Waals surface area contributed by atoms with Crippen LogP contribution in [0.1, 0.15) is 15.9 Å². The normalized spacial score (nSPS) is 11.3. The van der Waals surface area contributed by atoms with Crippen LogP contribution < -0.4 is 10.7 Å². The van der Waals surface area contributed by atoms with Gasteiger partial charge in [0.05, 0.1) is 28.1 Å². The molecule has 0 spiro atoms. The van der Waals surface area contributed by atoms with Gasteiger partial charge < -0.3 is 0 Å². The molecule has 5 rings (SSSR count). The second kappa shape index (κ2) is 7.28. The summed E-state index contributed by atoms with van der Waals surface area (Å²) in [7, 11) is 0. The van der Waals surface area contributed by atoms with E-state index >= 15 is 0 Å². The van der Waals surface area contributed by atoms with Crippen LogP contribution in [0.3, 0.4) is 0 Å². The number of benzene rings is 3. The smallest absolute Gasteiger partial charge is 0.292 e. The van der Waals surface area contributed by atoms with Gasteiger partial charge in [-0.2, -0.15) is 0 Å². The molecule has 0 atom stereocenters.